The highest BCUT2D eigenvalue weighted by Gasteiger charge is 2.41. The lowest BCUT2D eigenvalue weighted by Gasteiger charge is -2.31. The molecule has 0 aromatic heterocycles. The maximum atomic E-state index is 10.5. The van der Waals surface area contributed by atoms with Crippen LogP contribution in [0.2, 0.25) is 0 Å². The fourth-order valence-corrected chi connectivity index (χ4v) is 1.95. The molecule has 2 heterocycles. The van der Waals surface area contributed by atoms with Gasteiger partial charge in [-0.25, -0.2) is 0 Å². The molecule has 0 radical (unpaired) electrons. The Morgan fingerprint density at radius 2 is 2.17 bits per heavy atom. The second-order valence-corrected chi connectivity index (χ2v) is 3.60. The Kier molecular flexibility index (Phi) is 2.12. The first-order valence-corrected chi connectivity index (χ1v) is 4.44. The average molecular weight is 170 g/mol. The minimum atomic E-state index is -0.0944. The van der Waals surface area contributed by atoms with E-state index in [1.54, 1.807) is 0 Å². The van der Waals surface area contributed by atoms with Crippen molar-refractivity contribution in [3.8, 4) is 0 Å². The van der Waals surface area contributed by atoms with Crippen LogP contribution in [0.5, 0.6) is 0 Å². The fraction of sp³-hybridized carbons (Fsp3) is 0.875. The van der Waals surface area contributed by atoms with E-state index in [2.05, 4.69) is 10.8 Å². The van der Waals surface area contributed by atoms with Gasteiger partial charge in [-0.1, -0.05) is 0 Å². The summed E-state index contributed by atoms with van der Waals surface area (Å²) in [6, 6.07) is -0.0944. The second kappa shape index (κ2) is 3.12. The molecular weight excluding hydrogens is 156 g/mol. The molecule has 0 aromatic carbocycles. The third-order valence-corrected chi connectivity index (χ3v) is 2.70. The Balaban J connectivity index is 1.98. The summed E-state index contributed by atoms with van der Waals surface area (Å²) in [5, 5.41) is 3.27. The van der Waals surface area contributed by atoms with Crippen molar-refractivity contribution >= 4 is 6.29 Å². The number of piperidine rings is 1. The molecule has 1 spiro atoms. The molecule has 2 aliphatic rings. The number of carbonyl (C=O) groups is 1. The van der Waals surface area contributed by atoms with Crippen LogP contribution in [0.4, 0.5) is 0 Å². The standard InChI is InChI=1S/C8H14N2O2/c11-6-7-5-8(12-10-7)1-3-9-4-2-8/h6-7,9-10H,1-5H2. The minimum Gasteiger partial charge on any atom is -0.317 e. The summed E-state index contributed by atoms with van der Waals surface area (Å²) >= 11 is 0. The van der Waals surface area contributed by atoms with Crippen molar-refractivity contribution in [1.82, 2.24) is 10.8 Å². The van der Waals surface area contributed by atoms with Crippen molar-refractivity contribution in [2.75, 3.05) is 13.1 Å². The van der Waals surface area contributed by atoms with Gasteiger partial charge in [0, 0.05) is 6.42 Å². The number of nitrogens with one attached hydrogen (secondary N) is 2. The van der Waals surface area contributed by atoms with Gasteiger partial charge in [-0.05, 0) is 25.9 Å². The van der Waals surface area contributed by atoms with Crippen LogP contribution in [0.15, 0.2) is 0 Å². The monoisotopic (exact) mass is 170 g/mol. The lowest BCUT2D eigenvalue weighted by atomic mass is 9.87. The van der Waals surface area contributed by atoms with Gasteiger partial charge >= 0.3 is 0 Å². The second-order valence-electron chi connectivity index (χ2n) is 3.60. The Bertz CT molecular complexity index is 178. The number of aldehydes is 1. The summed E-state index contributed by atoms with van der Waals surface area (Å²) in [5.41, 5.74) is 2.71. The first-order chi connectivity index (χ1) is 5.85. The summed E-state index contributed by atoms with van der Waals surface area (Å²) in [4.78, 5) is 15.9. The van der Waals surface area contributed by atoms with E-state index < -0.39 is 0 Å². The largest absolute Gasteiger partial charge is 0.317 e. The first kappa shape index (κ1) is 8.16. The number of carbonyl (C=O) groups excluding carboxylic acids is 1. The van der Waals surface area contributed by atoms with Crippen LogP contribution in [0, 0.1) is 0 Å². The minimum absolute atomic E-state index is 0.0587. The Labute approximate surface area is 71.6 Å². The predicted molar refractivity (Wildman–Crippen MR) is 43.5 cm³/mol. The zero-order chi connectivity index (χ0) is 8.44. The quantitative estimate of drug-likeness (QED) is 0.526. The molecule has 2 N–H and O–H groups in total. The molecule has 0 aromatic rings. The summed E-state index contributed by atoms with van der Waals surface area (Å²) < 4.78 is 0. The number of rotatable bonds is 1. The Hall–Kier alpha value is -0.450. The number of hydroxylamine groups is 1. The summed E-state index contributed by atoms with van der Waals surface area (Å²) in [7, 11) is 0. The van der Waals surface area contributed by atoms with Gasteiger partial charge in [0.25, 0.3) is 0 Å². The van der Waals surface area contributed by atoms with E-state index in [4.69, 9.17) is 4.84 Å². The van der Waals surface area contributed by atoms with Gasteiger partial charge < -0.3 is 10.1 Å². The van der Waals surface area contributed by atoms with Crippen molar-refractivity contribution in [1.29, 1.82) is 0 Å². The highest BCUT2D eigenvalue weighted by molar-refractivity contribution is 5.57. The molecular formula is C8H14N2O2. The maximum Gasteiger partial charge on any atom is 0.139 e. The Morgan fingerprint density at radius 3 is 2.75 bits per heavy atom. The van der Waals surface area contributed by atoms with Gasteiger partial charge in [-0.15, -0.1) is 0 Å². The molecule has 68 valence electrons. The highest BCUT2D eigenvalue weighted by atomic mass is 16.7. The zero-order valence-electron chi connectivity index (χ0n) is 7.01. The zero-order valence-corrected chi connectivity index (χ0v) is 7.01. The summed E-state index contributed by atoms with van der Waals surface area (Å²) in [6.45, 7) is 1.99. The molecule has 1 unspecified atom stereocenters. The van der Waals surface area contributed by atoms with Crippen molar-refractivity contribution in [3.63, 3.8) is 0 Å². The third-order valence-electron chi connectivity index (χ3n) is 2.70. The van der Waals surface area contributed by atoms with Gasteiger partial charge in [0.2, 0.25) is 0 Å². The van der Waals surface area contributed by atoms with E-state index in [1.807, 2.05) is 0 Å². The molecule has 0 aliphatic carbocycles. The predicted octanol–water partition coefficient (Wildman–Crippen LogP) is -0.399. The van der Waals surface area contributed by atoms with E-state index in [9.17, 15) is 4.79 Å². The molecule has 0 amide bonds. The molecule has 2 fully saturated rings. The molecule has 4 heteroatoms. The SMILES string of the molecule is O=CC1CC2(CCNCC2)ON1. The van der Waals surface area contributed by atoms with Crippen LogP contribution in [0.3, 0.4) is 0 Å². The summed E-state index contributed by atoms with van der Waals surface area (Å²) in [6.07, 6.45) is 3.77. The van der Waals surface area contributed by atoms with Crippen molar-refractivity contribution in [2.24, 2.45) is 0 Å². The van der Waals surface area contributed by atoms with E-state index >= 15 is 0 Å². The molecule has 0 bridgehead atoms. The normalized spacial score (nSPS) is 33.8. The lowest BCUT2D eigenvalue weighted by molar-refractivity contribution is -0.111. The molecule has 4 nitrogen and oxygen atoms in total. The third kappa shape index (κ3) is 1.37. The summed E-state index contributed by atoms with van der Waals surface area (Å²) in [5.74, 6) is 0. The fourth-order valence-electron chi connectivity index (χ4n) is 1.95. The van der Waals surface area contributed by atoms with Gasteiger partial charge in [-0.3, -0.25) is 4.84 Å². The molecule has 0 saturated carbocycles. The van der Waals surface area contributed by atoms with Crippen LogP contribution in [-0.4, -0.2) is 31.0 Å². The van der Waals surface area contributed by atoms with Crippen LogP contribution < -0.4 is 10.8 Å². The van der Waals surface area contributed by atoms with E-state index in [1.165, 1.54) is 0 Å². The molecule has 2 aliphatic heterocycles. The Morgan fingerprint density at radius 1 is 1.42 bits per heavy atom. The topological polar surface area (TPSA) is 50.4 Å². The van der Waals surface area contributed by atoms with E-state index in [0.29, 0.717) is 0 Å². The van der Waals surface area contributed by atoms with Crippen LogP contribution in [-0.2, 0) is 9.63 Å². The number of hydrogen-bond donors (Lipinski definition) is 2. The van der Waals surface area contributed by atoms with E-state index in [0.717, 1.165) is 38.6 Å². The maximum absolute atomic E-state index is 10.5. The van der Waals surface area contributed by atoms with E-state index in [-0.39, 0.29) is 11.6 Å². The van der Waals surface area contributed by atoms with Crippen molar-refractivity contribution in [2.45, 2.75) is 30.9 Å². The van der Waals surface area contributed by atoms with Crippen molar-refractivity contribution in [3.05, 3.63) is 0 Å². The molecule has 2 saturated heterocycles. The average Bonchev–Trinajstić information content (AvgIpc) is 2.50. The highest BCUT2D eigenvalue weighted by Crippen LogP contribution is 2.31. The van der Waals surface area contributed by atoms with Gasteiger partial charge in [0.15, 0.2) is 0 Å². The van der Waals surface area contributed by atoms with Crippen LogP contribution >= 0.6 is 0 Å². The number of hydrogen-bond acceptors (Lipinski definition) is 4. The first-order valence-electron chi connectivity index (χ1n) is 4.44. The molecule has 1 atom stereocenters. The van der Waals surface area contributed by atoms with Gasteiger partial charge in [0.05, 0.1) is 11.6 Å². The van der Waals surface area contributed by atoms with Crippen molar-refractivity contribution < 1.29 is 9.63 Å². The smallest absolute Gasteiger partial charge is 0.139 e. The van der Waals surface area contributed by atoms with Crippen LogP contribution in [0.1, 0.15) is 19.3 Å². The van der Waals surface area contributed by atoms with Gasteiger partial charge in [-0.2, -0.15) is 5.48 Å². The lowest BCUT2D eigenvalue weighted by Crippen LogP contribution is -2.42. The molecule has 2 rings (SSSR count). The molecule has 12 heavy (non-hydrogen) atoms. The van der Waals surface area contributed by atoms with Crippen LogP contribution in [0.25, 0.3) is 0 Å². The van der Waals surface area contributed by atoms with Gasteiger partial charge in [0.1, 0.15) is 6.29 Å².